The zero-order chi connectivity index (χ0) is 29.0. The molecule has 0 unspecified atom stereocenters. The van der Waals surface area contributed by atoms with Crippen molar-refractivity contribution in [3.05, 3.63) is 12.2 Å². The summed E-state index contributed by atoms with van der Waals surface area (Å²) in [5, 5.41) is 9.95. The maximum absolute atomic E-state index is 11.8. The van der Waals surface area contributed by atoms with Gasteiger partial charge in [-0.1, -0.05) is 96.6 Å². The Bertz CT molecular complexity index is 671. The highest BCUT2D eigenvalue weighted by Gasteiger charge is 2.11. The minimum absolute atomic E-state index is 0.215. The van der Waals surface area contributed by atoms with E-state index in [1.54, 1.807) is 0 Å². The van der Waals surface area contributed by atoms with Gasteiger partial charge < -0.3 is 14.6 Å². The summed E-state index contributed by atoms with van der Waals surface area (Å²) in [6.07, 6.45) is 22.9. The molecule has 0 spiro atoms. The van der Waals surface area contributed by atoms with Gasteiger partial charge in [0.15, 0.2) is 0 Å². The summed E-state index contributed by atoms with van der Waals surface area (Å²) in [4.78, 5) is 46.7. The summed E-state index contributed by atoms with van der Waals surface area (Å²) in [6.45, 7) is 4.17. The van der Waals surface area contributed by atoms with E-state index in [0.29, 0.717) is 12.8 Å². The number of hydrogen-bond donors (Lipinski definition) is 1. The molecule has 0 aromatic rings. The van der Waals surface area contributed by atoms with E-state index in [-0.39, 0.29) is 31.8 Å². The van der Waals surface area contributed by atoms with Crippen molar-refractivity contribution in [2.75, 3.05) is 0 Å². The summed E-state index contributed by atoms with van der Waals surface area (Å²) >= 11 is 0. The second kappa shape index (κ2) is 27.5. The van der Waals surface area contributed by atoms with Crippen LogP contribution in [0.4, 0.5) is 0 Å². The van der Waals surface area contributed by atoms with Crippen molar-refractivity contribution in [2.45, 2.75) is 168 Å². The Kier molecular flexibility index (Phi) is 26.1. The summed E-state index contributed by atoms with van der Waals surface area (Å²) < 4.78 is 9.66. The number of ether oxygens (including phenoxy) is 2. The first-order chi connectivity index (χ1) is 18.9. The third kappa shape index (κ3) is 27.3. The van der Waals surface area contributed by atoms with Crippen LogP contribution in [0.15, 0.2) is 12.2 Å². The third-order valence-electron chi connectivity index (χ3n) is 6.67. The molecule has 0 fully saturated rings. The fraction of sp³-hybridized carbons (Fsp3) is 0.812. The quantitative estimate of drug-likeness (QED) is 0.0500. The van der Waals surface area contributed by atoms with Gasteiger partial charge in [0.05, 0.1) is 6.10 Å². The molecule has 0 aromatic heterocycles. The number of esters is 4. The van der Waals surface area contributed by atoms with Crippen LogP contribution in [0, 0.1) is 0 Å². The number of carbonyl (C=O) groups is 4. The minimum atomic E-state index is -0.467. The van der Waals surface area contributed by atoms with Gasteiger partial charge in [-0.3, -0.25) is 19.2 Å². The normalized spacial score (nSPS) is 12.0. The van der Waals surface area contributed by atoms with Crippen LogP contribution in [0.1, 0.15) is 162 Å². The Labute approximate surface area is 237 Å². The fourth-order valence-electron chi connectivity index (χ4n) is 4.21. The molecule has 39 heavy (non-hydrogen) atoms. The van der Waals surface area contributed by atoms with Gasteiger partial charge in [-0.05, 0) is 51.4 Å². The molecule has 0 saturated carbocycles. The smallest absolute Gasteiger partial charge is 0.313 e. The lowest BCUT2D eigenvalue weighted by atomic mass is 10.1. The largest absolute Gasteiger partial charge is 0.393 e. The Hall–Kier alpha value is -2.02. The van der Waals surface area contributed by atoms with Crippen LogP contribution in [0.25, 0.3) is 0 Å². The van der Waals surface area contributed by atoms with Crippen LogP contribution in [-0.2, 0) is 28.7 Å². The summed E-state index contributed by atoms with van der Waals surface area (Å²) in [5.41, 5.74) is 0. The standard InChI is InChI=1S/C32H56O7/c1-3-5-7-17-22-28(33)23-18-13-10-8-9-11-14-19-25-31(36)39-32(37)27-21-16-12-15-20-26-30(35)38-29(34)24-6-4-2/h13,18,28,33H,3-12,14-17,19-27H2,1-2H3/b18-13-/t28-/m1/s1. The molecule has 7 heteroatoms. The number of unbranched alkanes of at least 4 members (excludes halogenated alkanes) is 13. The van der Waals surface area contributed by atoms with Crippen molar-refractivity contribution in [1.82, 2.24) is 0 Å². The molecular formula is C32H56O7. The second-order valence-electron chi connectivity index (χ2n) is 10.6. The Morgan fingerprint density at radius 3 is 1.44 bits per heavy atom. The third-order valence-corrected chi connectivity index (χ3v) is 6.67. The SMILES string of the molecule is CCCCCC[C@@H](O)C/C=C\CCCCCCCC(=O)OC(=O)CCCCCCCC(=O)OC(=O)CCCC. The van der Waals surface area contributed by atoms with Crippen molar-refractivity contribution in [1.29, 1.82) is 0 Å². The first-order valence-electron chi connectivity index (χ1n) is 15.7. The van der Waals surface area contributed by atoms with Crippen LogP contribution in [0.2, 0.25) is 0 Å². The van der Waals surface area contributed by atoms with Gasteiger partial charge in [-0.2, -0.15) is 0 Å². The van der Waals surface area contributed by atoms with Crippen LogP contribution >= 0.6 is 0 Å². The van der Waals surface area contributed by atoms with Gasteiger partial charge in [-0.25, -0.2) is 0 Å². The van der Waals surface area contributed by atoms with Crippen molar-refractivity contribution in [2.24, 2.45) is 0 Å². The van der Waals surface area contributed by atoms with E-state index in [1.807, 2.05) is 6.92 Å². The zero-order valence-electron chi connectivity index (χ0n) is 24.9. The lowest BCUT2D eigenvalue weighted by Gasteiger charge is -2.07. The molecule has 0 aliphatic heterocycles. The molecule has 0 amide bonds. The Morgan fingerprint density at radius 1 is 0.538 bits per heavy atom. The lowest BCUT2D eigenvalue weighted by Crippen LogP contribution is -2.12. The molecule has 0 aliphatic rings. The maximum atomic E-state index is 11.8. The zero-order valence-corrected chi connectivity index (χ0v) is 24.9. The summed E-state index contributed by atoms with van der Waals surface area (Å²) in [6, 6.07) is 0. The predicted molar refractivity (Wildman–Crippen MR) is 155 cm³/mol. The molecular weight excluding hydrogens is 496 g/mol. The van der Waals surface area contributed by atoms with E-state index in [9.17, 15) is 24.3 Å². The average Bonchev–Trinajstić information content (AvgIpc) is 2.90. The number of aliphatic hydroxyl groups excluding tert-OH is 1. The second-order valence-corrected chi connectivity index (χ2v) is 10.6. The fourth-order valence-corrected chi connectivity index (χ4v) is 4.21. The van der Waals surface area contributed by atoms with Gasteiger partial charge >= 0.3 is 23.9 Å². The lowest BCUT2D eigenvalue weighted by molar-refractivity contribution is -0.161. The van der Waals surface area contributed by atoms with E-state index < -0.39 is 23.9 Å². The summed E-state index contributed by atoms with van der Waals surface area (Å²) in [7, 11) is 0. The van der Waals surface area contributed by atoms with Gasteiger partial charge in [0.25, 0.3) is 0 Å². The van der Waals surface area contributed by atoms with Gasteiger partial charge in [0, 0.05) is 25.7 Å². The Morgan fingerprint density at radius 2 is 0.949 bits per heavy atom. The monoisotopic (exact) mass is 552 g/mol. The number of hydrogen-bond acceptors (Lipinski definition) is 7. The number of allylic oxidation sites excluding steroid dienone is 1. The maximum Gasteiger partial charge on any atom is 0.313 e. The first kappa shape index (κ1) is 37.0. The number of aliphatic hydroxyl groups is 1. The van der Waals surface area contributed by atoms with E-state index in [1.165, 1.54) is 19.3 Å². The average molecular weight is 553 g/mol. The van der Waals surface area contributed by atoms with Gasteiger partial charge in [0.2, 0.25) is 0 Å². The van der Waals surface area contributed by atoms with Crippen molar-refractivity contribution in [3.8, 4) is 0 Å². The van der Waals surface area contributed by atoms with Crippen LogP contribution in [0.3, 0.4) is 0 Å². The molecule has 226 valence electrons. The highest BCUT2D eigenvalue weighted by atomic mass is 16.6. The molecule has 1 atom stereocenters. The topological polar surface area (TPSA) is 107 Å². The van der Waals surface area contributed by atoms with Crippen LogP contribution in [-0.4, -0.2) is 35.1 Å². The van der Waals surface area contributed by atoms with E-state index >= 15 is 0 Å². The molecule has 0 saturated heterocycles. The molecule has 0 aromatic carbocycles. The molecule has 7 nitrogen and oxygen atoms in total. The van der Waals surface area contributed by atoms with E-state index in [4.69, 9.17) is 9.47 Å². The van der Waals surface area contributed by atoms with Gasteiger partial charge in [0.1, 0.15) is 0 Å². The van der Waals surface area contributed by atoms with Crippen LogP contribution in [0.5, 0.6) is 0 Å². The number of rotatable bonds is 26. The molecule has 0 aliphatic carbocycles. The van der Waals surface area contributed by atoms with Crippen molar-refractivity contribution in [3.63, 3.8) is 0 Å². The van der Waals surface area contributed by atoms with Crippen molar-refractivity contribution < 1.29 is 33.8 Å². The molecule has 0 rings (SSSR count). The summed E-state index contributed by atoms with van der Waals surface area (Å²) in [5.74, 6) is -1.82. The highest BCUT2D eigenvalue weighted by Crippen LogP contribution is 2.12. The molecule has 0 radical (unpaired) electrons. The van der Waals surface area contributed by atoms with E-state index in [0.717, 1.165) is 89.9 Å². The van der Waals surface area contributed by atoms with Crippen molar-refractivity contribution >= 4 is 23.9 Å². The first-order valence-corrected chi connectivity index (χ1v) is 15.7. The molecule has 0 bridgehead atoms. The molecule has 1 N–H and O–H groups in total. The number of carbonyl (C=O) groups excluding carboxylic acids is 4. The highest BCUT2D eigenvalue weighted by molar-refractivity contribution is 5.85. The minimum Gasteiger partial charge on any atom is -0.393 e. The predicted octanol–water partition coefficient (Wildman–Crippen LogP) is 8.06. The van der Waals surface area contributed by atoms with E-state index in [2.05, 4.69) is 19.1 Å². The van der Waals surface area contributed by atoms with Crippen LogP contribution < -0.4 is 0 Å². The van der Waals surface area contributed by atoms with Gasteiger partial charge in [-0.15, -0.1) is 0 Å². The Balaban J connectivity index is 3.53. The molecule has 0 heterocycles.